The lowest BCUT2D eigenvalue weighted by Gasteiger charge is -2.24. The van der Waals surface area contributed by atoms with Crippen LogP contribution in [0, 0.1) is 6.92 Å². The lowest BCUT2D eigenvalue weighted by molar-refractivity contribution is -0.00106. The summed E-state index contributed by atoms with van der Waals surface area (Å²) >= 11 is 7.86. The fourth-order valence-corrected chi connectivity index (χ4v) is 4.22. The maximum atomic E-state index is 6.29. The molecule has 0 saturated carbocycles. The zero-order valence-corrected chi connectivity index (χ0v) is 15.9. The minimum atomic E-state index is -0.171. The first-order chi connectivity index (χ1) is 13.2. The second kappa shape index (κ2) is 6.56. The number of rotatable bonds is 3. The Hall–Kier alpha value is -2.55. The highest BCUT2D eigenvalue weighted by Gasteiger charge is 2.28. The summed E-state index contributed by atoms with van der Waals surface area (Å²) in [5.41, 5.74) is 3.45. The van der Waals surface area contributed by atoms with Crippen LogP contribution < -0.4 is 0 Å². The van der Waals surface area contributed by atoms with Crippen molar-refractivity contribution in [2.75, 3.05) is 0 Å². The SMILES string of the molecule is Cc1ccsc1-c1nc(-c2nnn3c2COC(c2ccccc2Cl)C3)no1. The van der Waals surface area contributed by atoms with E-state index in [1.165, 1.54) is 0 Å². The Balaban J connectivity index is 1.45. The fraction of sp³-hybridized carbons (Fsp3) is 0.222. The van der Waals surface area contributed by atoms with Crippen LogP contribution in [0.1, 0.15) is 22.9 Å². The molecule has 1 aliphatic heterocycles. The van der Waals surface area contributed by atoms with E-state index in [1.54, 1.807) is 11.3 Å². The molecule has 0 bridgehead atoms. The van der Waals surface area contributed by atoms with Crippen molar-refractivity contribution < 1.29 is 9.26 Å². The van der Waals surface area contributed by atoms with E-state index in [-0.39, 0.29) is 6.10 Å². The molecule has 27 heavy (non-hydrogen) atoms. The topological polar surface area (TPSA) is 78.9 Å². The summed E-state index contributed by atoms with van der Waals surface area (Å²) < 4.78 is 13.3. The van der Waals surface area contributed by atoms with Crippen LogP contribution in [0.4, 0.5) is 0 Å². The summed E-state index contributed by atoms with van der Waals surface area (Å²) in [7, 11) is 0. The van der Waals surface area contributed by atoms with Gasteiger partial charge in [0.2, 0.25) is 5.82 Å². The van der Waals surface area contributed by atoms with Crippen molar-refractivity contribution in [3.63, 3.8) is 0 Å². The largest absolute Gasteiger partial charge is 0.365 e. The van der Waals surface area contributed by atoms with Gasteiger partial charge in [0.25, 0.3) is 5.89 Å². The molecule has 1 aliphatic rings. The molecule has 1 aromatic carbocycles. The third kappa shape index (κ3) is 2.86. The number of aryl methyl sites for hydroxylation is 1. The van der Waals surface area contributed by atoms with Crippen LogP contribution in [0.25, 0.3) is 22.3 Å². The van der Waals surface area contributed by atoms with Crippen molar-refractivity contribution in [3.8, 4) is 22.3 Å². The van der Waals surface area contributed by atoms with Gasteiger partial charge in [0.1, 0.15) is 6.10 Å². The van der Waals surface area contributed by atoms with Crippen molar-refractivity contribution in [1.82, 2.24) is 25.1 Å². The van der Waals surface area contributed by atoms with E-state index in [9.17, 15) is 0 Å². The molecule has 5 rings (SSSR count). The third-order valence-electron chi connectivity index (χ3n) is 4.54. The highest BCUT2D eigenvalue weighted by Crippen LogP contribution is 2.34. The van der Waals surface area contributed by atoms with E-state index in [0.29, 0.717) is 35.6 Å². The molecule has 4 heterocycles. The van der Waals surface area contributed by atoms with E-state index < -0.39 is 0 Å². The van der Waals surface area contributed by atoms with Gasteiger partial charge in [-0.3, -0.25) is 0 Å². The van der Waals surface area contributed by atoms with Crippen LogP contribution in [0.15, 0.2) is 40.2 Å². The monoisotopic (exact) mass is 399 g/mol. The molecule has 136 valence electrons. The molecule has 0 amide bonds. The summed E-state index contributed by atoms with van der Waals surface area (Å²) in [6.45, 7) is 2.89. The van der Waals surface area contributed by atoms with Crippen LogP contribution >= 0.6 is 22.9 Å². The third-order valence-corrected chi connectivity index (χ3v) is 5.89. The number of nitrogens with zero attached hydrogens (tertiary/aromatic N) is 5. The Morgan fingerprint density at radius 3 is 2.96 bits per heavy atom. The number of hydrogen-bond acceptors (Lipinski definition) is 7. The molecule has 3 aromatic heterocycles. The average Bonchev–Trinajstić information content (AvgIpc) is 3.40. The molecule has 0 N–H and O–H groups in total. The van der Waals surface area contributed by atoms with E-state index in [2.05, 4.69) is 20.5 Å². The number of halogens is 1. The number of hydrogen-bond donors (Lipinski definition) is 0. The Labute approximate surface area is 163 Å². The molecule has 7 nitrogen and oxygen atoms in total. The van der Waals surface area contributed by atoms with Gasteiger partial charge in [-0.1, -0.05) is 40.2 Å². The van der Waals surface area contributed by atoms with E-state index in [0.717, 1.165) is 21.7 Å². The zero-order chi connectivity index (χ0) is 18.4. The number of fused-ring (bicyclic) bond motifs is 1. The number of aromatic nitrogens is 5. The number of thiophene rings is 1. The molecule has 1 unspecified atom stereocenters. The van der Waals surface area contributed by atoms with Gasteiger partial charge in [0, 0.05) is 10.6 Å². The van der Waals surface area contributed by atoms with Gasteiger partial charge < -0.3 is 9.26 Å². The normalized spacial score (nSPS) is 16.4. The second-order valence-electron chi connectivity index (χ2n) is 6.24. The van der Waals surface area contributed by atoms with Gasteiger partial charge in [-0.25, -0.2) is 4.68 Å². The Bertz CT molecular complexity index is 1120. The van der Waals surface area contributed by atoms with Crippen molar-refractivity contribution in [1.29, 1.82) is 0 Å². The van der Waals surface area contributed by atoms with Crippen LogP contribution in [0.5, 0.6) is 0 Å². The number of ether oxygens (including phenoxy) is 1. The van der Waals surface area contributed by atoms with Crippen molar-refractivity contribution >= 4 is 22.9 Å². The lowest BCUT2D eigenvalue weighted by Crippen LogP contribution is -2.22. The average molecular weight is 400 g/mol. The highest BCUT2D eigenvalue weighted by molar-refractivity contribution is 7.13. The maximum absolute atomic E-state index is 6.29. The lowest BCUT2D eigenvalue weighted by atomic mass is 10.1. The minimum absolute atomic E-state index is 0.171. The van der Waals surface area contributed by atoms with Gasteiger partial charge in [-0.15, -0.1) is 16.4 Å². The standard InChI is InChI=1S/C18H14ClN5O2S/c1-10-6-7-27-16(10)18-20-17(22-26-18)15-13-9-25-14(8-24(13)23-21-15)11-4-2-3-5-12(11)19/h2-7,14H,8-9H2,1H3. The van der Waals surface area contributed by atoms with Crippen molar-refractivity contribution in [2.45, 2.75) is 26.2 Å². The fourth-order valence-electron chi connectivity index (χ4n) is 3.11. The predicted molar refractivity (Wildman–Crippen MR) is 100 cm³/mol. The Morgan fingerprint density at radius 2 is 2.15 bits per heavy atom. The molecular formula is C18H14ClN5O2S. The molecular weight excluding hydrogens is 386 g/mol. The molecule has 9 heteroatoms. The molecule has 0 saturated heterocycles. The number of benzene rings is 1. The smallest absolute Gasteiger partial charge is 0.268 e. The van der Waals surface area contributed by atoms with Crippen molar-refractivity contribution in [2.24, 2.45) is 0 Å². The van der Waals surface area contributed by atoms with Gasteiger partial charge in [-0.05, 0) is 30.0 Å². The second-order valence-corrected chi connectivity index (χ2v) is 7.57. The molecule has 4 aromatic rings. The Kier molecular flexibility index (Phi) is 4.04. The summed E-state index contributed by atoms with van der Waals surface area (Å²) in [6.07, 6.45) is -0.171. The van der Waals surface area contributed by atoms with Crippen LogP contribution in [-0.2, 0) is 17.9 Å². The minimum Gasteiger partial charge on any atom is -0.365 e. The first-order valence-electron chi connectivity index (χ1n) is 8.37. The molecule has 0 aliphatic carbocycles. The van der Waals surface area contributed by atoms with Crippen LogP contribution in [0.3, 0.4) is 0 Å². The molecule has 1 atom stereocenters. The maximum Gasteiger partial charge on any atom is 0.268 e. The molecule has 0 spiro atoms. The van der Waals surface area contributed by atoms with Gasteiger partial charge in [0.05, 0.1) is 23.7 Å². The van der Waals surface area contributed by atoms with E-state index in [1.807, 2.05) is 47.3 Å². The summed E-state index contributed by atoms with van der Waals surface area (Å²) in [5.74, 6) is 0.906. The summed E-state index contributed by atoms with van der Waals surface area (Å²) in [5, 5.41) is 15.3. The quantitative estimate of drug-likeness (QED) is 0.511. The van der Waals surface area contributed by atoms with Crippen molar-refractivity contribution in [3.05, 3.63) is 57.6 Å². The van der Waals surface area contributed by atoms with Crippen LogP contribution in [-0.4, -0.2) is 25.1 Å². The first kappa shape index (κ1) is 16.6. The van der Waals surface area contributed by atoms with Gasteiger partial charge in [-0.2, -0.15) is 4.98 Å². The summed E-state index contributed by atoms with van der Waals surface area (Å²) in [6, 6.07) is 9.68. The Morgan fingerprint density at radius 1 is 1.26 bits per heavy atom. The van der Waals surface area contributed by atoms with Gasteiger partial charge in [0.15, 0.2) is 5.69 Å². The predicted octanol–water partition coefficient (Wildman–Crippen LogP) is 4.29. The molecule has 0 fully saturated rings. The van der Waals surface area contributed by atoms with E-state index >= 15 is 0 Å². The van der Waals surface area contributed by atoms with Crippen LogP contribution in [0.2, 0.25) is 5.02 Å². The zero-order valence-electron chi connectivity index (χ0n) is 14.3. The van der Waals surface area contributed by atoms with E-state index in [4.69, 9.17) is 20.9 Å². The molecule has 0 radical (unpaired) electrons. The van der Waals surface area contributed by atoms with Gasteiger partial charge >= 0.3 is 0 Å². The summed E-state index contributed by atoms with van der Waals surface area (Å²) in [4.78, 5) is 5.46. The first-order valence-corrected chi connectivity index (χ1v) is 9.63. The highest BCUT2D eigenvalue weighted by atomic mass is 35.5.